The summed E-state index contributed by atoms with van der Waals surface area (Å²) in [5, 5.41) is 22.8. The van der Waals surface area contributed by atoms with Crippen LogP contribution in [0.5, 0.6) is 11.6 Å². The average Bonchev–Trinajstić information content (AvgIpc) is 2.65. The highest BCUT2D eigenvalue weighted by Gasteiger charge is 2.15. The zero-order valence-electron chi connectivity index (χ0n) is 13.6. The molecular weight excluding hydrogens is 332 g/mol. The number of amides is 1. The van der Waals surface area contributed by atoms with Crippen LogP contribution in [0.4, 0.5) is 5.69 Å². The van der Waals surface area contributed by atoms with Crippen molar-refractivity contribution < 1.29 is 14.3 Å². The van der Waals surface area contributed by atoms with Gasteiger partial charge in [-0.15, -0.1) is 0 Å². The second kappa shape index (κ2) is 7.77. The largest absolute Gasteiger partial charge is 0.618 e. The van der Waals surface area contributed by atoms with Gasteiger partial charge in [0.15, 0.2) is 6.20 Å². The monoisotopic (exact) mass is 346 g/mol. The molecule has 0 saturated heterocycles. The first-order valence-electron chi connectivity index (χ1n) is 7.75. The van der Waals surface area contributed by atoms with Gasteiger partial charge in [-0.2, -0.15) is 9.99 Å². The lowest BCUT2D eigenvalue weighted by Crippen LogP contribution is -2.36. The van der Waals surface area contributed by atoms with Crippen LogP contribution in [0.2, 0.25) is 0 Å². The lowest BCUT2D eigenvalue weighted by atomic mass is 10.2. The number of nitrogens with zero attached hydrogens (tertiary/aromatic N) is 3. The molecule has 1 amide bonds. The van der Waals surface area contributed by atoms with Crippen molar-refractivity contribution in [2.75, 3.05) is 5.32 Å². The Morgan fingerprint density at radius 2 is 2.00 bits per heavy atom. The van der Waals surface area contributed by atoms with Gasteiger partial charge in [-0.05, 0) is 29.8 Å². The van der Waals surface area contributed by atoms with Crippen molar-refractivity contribution in [2.45, 2.75) is 6.42 Å². The average molecular weight is 346 g/mol. The van der Waals surface area contributed by atoms with Crippen LogP contribution in [0.15, 0.2) is 67.0 Å². The molecule has 3 aromatic rings. The van der Waals surface area contributed by atoms with Gasteiger partial charge in [0, 0.05) is 18.2 Å². The Morgan fingerprint density at radius 1 is 1.19 bits per heavy atom. The second-order valence-corrected chi connectivity index (χ2v) is 5.33. The number of anilines is 1. The van der Waals surface area contributed by atoms with Gasteiger partial charge in [0.05, 0.1) is 24.4 Å². The van der Waals surface area contributed by atoms with E-state index in [9.17, 15) is 10.0 Å². The highest BCUT2D eigenvalue weighted by molar-refractivity contribution is 6.01. The van der Waals surface area contributed by atoms with E-state index >= 15 is 0 Å². The molecule has 0 radical (unpaired) electrons. The first-order chi connectivity index (χ1) is 12.7. The molecule has 0 unspecified atom stereocenters. The van der Waals surface area contributed by atoms with Crippen LogP contribution in [0.1, 0.15) is 16.1 Å². The summed E-state index contributed by atoms with van der Waals surface area (Å²) in [4.78, 5) is 16.2. The number of carbonyl (C=O) groups is 1. The number of carbonyl (C=O) groups excluding carboxylic acids is 1. The molecular formula is C19H14N4O3. The fraction of sp³-hybridized carbons (Fsp3) is 0.0526. The Labute approximate surface area is 149 Å². The number of rotatable bonds is 5. The van der Waals surface area contributed by atoms with Crippen LogP contribution < -0.4 is 14.8 Å². The van der Waals surface area contributed by atoms with Gasteiger partial charge in [0.25, 0.3) is 5.69 Å². The third-order valence-corrected chi connectivity index (χ3v) is 3.48. The van der Waals surface area contributed by atoms with E-state index in [1.165, 1.54) is 18.5 Å². The molecule has 2 heterocycles. The predicted molar refractivity (Wildman–Crippen MR) is 93.4 cm³/mol. The molecule has 0 fully saturated rings. The van der Waals surface area contributed by atoms with E-state index in [0.717, 1.165) is 5.56 Å². The Hall–Kier alpha value is -3.92. The van der Waals surface area contributed by atoms with E-state index in [2.05, 4.69) is 16.4 Å². The minimum Gasteiger partial charge on any atom is -0.618 e. The zero-order valence-corrected chi connectivity index (χ0v) is 13.6. The summed E-state index contributed by atoms with van der Waals surface area (Å²) in [6.45, 7) is 0. The van der Waals surface area contributed by atoms with Crippen molar-refractivity contribution in [3.63, 3.8) is 0 Å². The van der Waals surface area contributed by atoms with Crippen molar-refractivity contribution in [3.05, 3.63) is 83.5 Å². The normalized spacial score (nSPS) is 9.96. The maximum atomic E-state index is 12.1. The topological polar surface area (TPSA) is 102 Å². The molecule has 128 valence electrons. The quantitative estimate of drug-likeness (QED) is 0.565. The summed E-state index contributed by atoms with van der Waals surface area (Å²) in [6, 6.07) is 17.0. The lowest BCUT2D eigenvalue weighted by molar-refractivity contribution is -0.607. The van der Waals surface area contributed by atoms with E-state index < -0.39 is 5.91 Å². The Bertz CT molecular complexity index is 948. The summed E-state index contributed by atoms with van der Waals surface area (Å²) in [5.74, 6) is 0.423. The first kappa shape index (κ1) is 16.9. The number of nitriles is 1. The Kier molecular flexibility index (Phi) is 5.05. The molecule has 0 bridgehead atoms. The Balaban J connectivity index is 1.64. The first-order valence-corrected chi connectivity index (χ1v) is 7.75. The molecule has 1 N–H and O–H groups in total. The summed E-state index contributed by atoms with van der Waals surface area (Å²) in [5.41, 5.74) is 1.34. The molecule has 26 heavy (non-hydrogen) atoms. The van der Waals surface area contributed by atoms with Crippen molar-refractivity contribution in [3.8, 4) is 17.7 Å². The van der Waals surface area contributed by atoms with Gasteiger partial charge >= 0.3 is 5.91 Å². The van der Waals surface area contributed by atoms with Gasteiger partial charge in [-0.25, -0.2) is 4.98 Å². The fourth-order valence-corrected chi connectivity index (χ4v) is 2.20. The van der Waals surface area contributed by atoms with Crippen molar-refractivity contribution in [1.29, 1.82) is 5.26 Å². The molecule has 0 atom stereocenters. The van der Waals surface area contributed by atoms with E-state index in [1.54, 1.807) is 36.4 Å². The van der Waals surface area contributed by atoms with Crippen LogP contribution in [0, 0.1) is 16.5 Å². The SMILES string of the molecule is N#CCc1ccc(Oc2ccc(NC(=O)c3cccc[n+]3[O-])cn2)cc1. The summed E-state index contributed by atoms with van der Waals surface area (Å²) >= 11 is 0. The van der Waals surface area contributed by atoms with Crippen LogP contribution in [-0.2, 0) is 6.42 Å². The molecule has 0 saturated carbocycles. The van der Waals surface area contributed by atoms with Crippen LogP contribution in [0.25, 0.3) is 0 Å². The van der Waals surface area contributed by atoms with Crippen LogP contribution in [-0.4, -0.2) is 10.9 Å². The molecule has 0 aliphatic rings. The minimum absolute atomic E-state index is 0.00900. The van der Waals surface area contributed by atoms with E-state index in [0.29, 0.717) is 28.5 Å². The molecule has 0 spiro atoms. The number of ether oxygens (including phenoxy) is 1. The fourth-order valence-electron chi connectivity index (χ4n) is 2.20. The number of nitrogens with one attached hydrogen (secondary N) is 1. The Morgan fingerprint density at radius 3 is 2.65 bits per heavy atom. The van der Waals surface area contributed by atoms with Gasteiger partial charge in [-0.3, -0.25) is 4.79 Å². The third kappa shape index (κ3) is 4.13. The van der Waals surface area contributed by atoms with Crippen molar-refractivity contribution >= 4 is 11.6 Å². The number of hydrogen-bond acceptors (Lipinski definition) is 5. The number of hydrogen-bond donors (Lipinski definition) is 1. The standard InChI is InChI=1S/C19H14N4O3/c20-11-10-14-4-7-16(8-5-14)26-18-9-6-15(13-21-18)22-19(24)17-3-1-2-12-23(17)25/h1-9,12-13H,10H2,(H,22,24). The van der Waals surface area contributed by atoms with Crippen LogP contribution in [0.3, 0.4) is 0 Å². The molecule has 1 aromatic carbocycles. The maximum Gasteiger partial charge on any atom is 0.321 e. The van der Waals surface area contributed by atoms with Gasteiger partial charge < -0.3 is 15.3 Å². The predicted octanol–water partition coefficient (Wildman–Crippen LogP) is 2.83. The van der Waals surface area contributed by atoms with Crippen LogP contribution >= 0.6 is 0 Å². The smallest absolute Gasteiger partial charge is 0.321 e. The molecule has 3 rings (SSSR count). The highest BCUT2D eigenvalue weighted by Crippen LogP contribution is 2.21. The van der Waals surface area contributed by atoms with Crippen molar-refractivity contribution in [2.24, 2.45) is 0 Å². The molecule has 2 aromatic heterocycles. The number of pyridine rings is 2. The highest BCUT2D eigenvalue weighted by atomic mass is 16.5. The lowest BCUT2D eigenvalue weighted by Gasteiger charge is -2.07. The van der Waals surface area contributed by atoms with Gasteiger partial charge in [-0.1, -0.05) is 12.1 Å². The van der Waals surface area contributed by atoms with E-state index in [1.807, 2.05) is 12.1 Å². The summed E-state index contributed by atoms with van der Waals surface area (Å²) < 4.78 is 6.11. The minimum atomic E-state index is -0.524. The molecule has 7 heteroatoms. The van der Waals surface area contributed by atoms with E-state index in [4.69, 9.17) is 10.00 Å². The number of benzene rings is 1. The van der Waals surface area contributed by atoms with Gasteiger partial charge in [0.2, 0.25) is 5.88 Å². The summed E-state index contributed by atoms with van der Waals surface area (Å²) in [7, 11) is 0. The zero-order chi connectivity index (χ0) is 18.4. The van der Waals surface area contributed by atoms with E-state index in [-0.39, 0.29) is 5.69 Å². The number of aromatic nitrogens is 2. The maximum absolute atomic E-state index is 12.1. The molecule has 0 aliphatic heterocycles. The third-order valence-electron chi connectivity index (χ3n) is 3.48. The van der Waals surface area contributed by atoms with Gasteiger partial charge in [0.1, 0.15) is 5.75 Å². The van der Waals surface area contributed by atoms with Crippen molar-refractivity contribution in [1.82, 2.24) is 4.98 Å². The molecule has 0 aliphatic carbocycles. The summed E-state index contributed by atoms with van der Waals surface area (Å²) in [6.07, 6.45) is 3.04. The second-order valence-electron chi connectivity index (χ2n) is 5.33. The molecule has 7 nitrogen and oxygen atoms in total.